The number of aromatic nitrogens is 4. The summed E-state index contributed by atoms with van der Waals surface area (Å²) >= 11 is 1.64. The SMILES string of the molecule is Cc1nc(N2CCN(c3nccnc3C#N)CC2)c2ccsc2n1. The number of aryl methyl sites for hydroxylation is 1. The van der Waals surface area contributed by atoms with Gasteiger partial charge in [-0.1, -0.05) is 0 Å². The lowest BCUT2D eigenvalue weighted by Gasteiger charge is -2.36. The van der Waals surface area contributed by atoms with E-state index in [2.05, 4.69) is 47.3 Å². The minimum Gasteiger partial charge on any atom is -0.352 e. The van der Waals surface area contributed by atoms with Crippen LogP contribution < -0.4 is 9.80 Å². The Morgan fingerprint density at radius 3 is 2.50 bits per heavy atom. The van der Waals surface area contributed by atoms with E-state index in [0.29, 0.717) is 11.5 Å². The number of fused-ring (bicyclic) bond motifs is 1. The van der Waals surface area contributed by atoms with E-state index in [-0.39, 0.29) is 0 Å². The van der Waals surface area contributed by atoms with Crippen molar-refractivity contribution in [2.45, 2.75) is 6.92 Å². The van der Waals surface area contributed by atoms with Gasteiger partial charge in [0.25, 0.3) is 0 Å². The van der Waals surface area contributed by atoms with Crippen LogP contribution in [0.2, 0.25) is 0 Å². The number of anilines is 2. The first-order valence-corrected chi connectivity index (χ1v) is 8.57. The summed E-state index contributed by atoms with van der Waals surface area (Å²) in [6.07, 6.45) is 3.18. The van der Waals surface area contributed by atoms with Gasteiger partial charge in [-0.15, -0.1) is 11.3 Å². The number of nitriles is 1. The molecular formula is C16H15N7S. The van der Waals surface area contributed by atoms with Gasteiger partial charge in [-0.25, -0.2) is 19.9 Å². The molecule has 3 aromatic heterocycles. The van der Waals surface area contributed by atoms with Crippen molar-refractivity contribution in [3.05, 3.63) is 35.4 Å². The standard InChI is InChI=1S/C16H15N7S/c1-11-20-14(12-2-9-24-16(12)21-11)22-5-7-23(8-6-22)15-13(10-17)18-3-4-19-15/h2-4,9H,5-8H2,1H3. The molecule has 3 aromatic rings. The van der Waals surface area contributed by atoms with Crippen LogP contribution in [-0.2, 0) is 0 Å². The Labute approximate surface area is 143 Å². The van der Waals surface area contributed by atoms with Gasteiger partial charge in [-0.3, -0.25) is 0 Å². The Hall–Kier alpha value is -2.79. The predicted molar refractivity (Wildman–Crippen MR) is 93.3 cm³/mol. The number of piperazine rings is 1. The summed E-state index contributed by atoms with van der Waals surface area (Å²) in [5.41, 5.74) is 0.379. The molecule has 0 atom stereocenters. The minimum atomic E-state index is 0.379. The third-order valence-corrected chi connectivity index (χ3v) is 4.89. The van der Waals surface area contributed by atoms with Crippen LogP contribution in [0.4, 0.5) is 11.6 Å². The van der Waals surface area contributed by atoms with Gasteiger partial charge in [0, 0.05) is 38.6 Å². The molecule has 7 nitrogen and oxygen atoms in total. The number of hydrogen-bond donors (Lipinski definition) is 0. The topological polar surface area (TPSA) is 81.8 Å². The first-order chi connectivity index (χ1) is 11.8. The number of thiophene rings is 1. The highest BCUT2D eigenvalue weighted by atomic mass is 32.1. The minimum absolute atomic E-state index is 0.379. The Morgan fingerprint density at radius 1 is 1.04 bits per heavy atom. The van der Waals surface area contributed by atoms with E-state index in [1.807, 2.05) is 6.92 Å². The van der Waals surface area contributed by atoms with Crippen LogP contribution in [0.3, 0.4) is 0 Å². The molecule has 4 heterocycles. The monoisotopic (exact) mass is 337 g/mol. The summed E-state index contributed by atoms with van der Waals surface area (Å²) in [6.45, 7) is 5.13. The molecule has 0 radical (unpaired) electrons. The first-order valence-electron chi connectivity index (χ1n) is 7.69. The molecular weight excluding hydrogens is 322 g/mol. The van der Waals surface area contributed by atoms with Crippen molar-refractivity contribution in [2.24, 2.45) is 0 Å². The van der Waals surface area contributed by atoms with Crippen LogP contribution in [0.25, 0.3) is 10.2 Å². The smallest absolute Gasteiger partial charge is 0.183 e. The lowest BCUT2D eigenvalue weighted by molar-refractivity contribution is 0.640. The van der Waals surface area contributed by atoms with Gasteiger partial charge in [0.1, 0.15) is 22.5 Å². The summed E-state index contributed by atoms with van der Waals surface area (Å²) in [6, 6.07) is 4.20. The van der Waals surface area contributed by atoms with Gasteiger partial charge in [0.15, 0.2) is 11.5 Å². The summed E-state index contributed by atoms with van der Waals surface area (Å²) in [5.74, 6) is 2.46. The van der Waals surface area contributed by atoms with Crippen molar-refractivity contribution in [1.29, 1.82) is 5.26 Å². The Kier molecular flexibility index (Phi) is 3.70. The van der Waals surface area contributed by atoms with Gasteiger partial charge < -0.3 is 9.80 Å². The molecule has 8 heteroatoms. The fourth-order valence-corrected chi connectivity index (χ4v) is 3.76. The number of rotatable bonds is 2. The molecule has 1 saturated heterocycles. The van der Waals surface area contributed by atoms with Crippen molar-refractivity contribution in [1.82, 2.24) is 19.9 Å². The Bertz CT molecular complexity index is 922. The molecule has 0 aromatic carbocycles. The number of hydrogen-bond acceptors (Lipinski definition) is 8. The molecule has 4 rings (SSSR count). The average Bonchev–Trinajstić information content (AvgIpc) is 3.09. The van der Waals surface area contributed by atoms with Crippen LogP contribution in [0.1, 0.15) is 11.5 Å². The third-order valence-electron chi connectivity index (χ3n) is 4.08. The van der Waals surface area contributed by atoms with Gasteiger partial charge >= 0.3 is 0 Å². The summed E-state index contributed by atoms with van der Waals surface area (Å²) in [5, 5.41) is 12.4. The quantitative estimate of drug-likeness (QED) is 0.707. The highest BCUT2D eigenvalue weighted by Crippen LogP contribution is 2.29. The van der Waals surface area contributed by atoms with Crippen molar-refractivity contribution < 1.29 is 0 Å². The molecule has 120 valence electrons. The molecule has 0 bridgehead atoms. The first kappa shape index (κ1) is 14.8. The highest BCUT2D eigenvalue weighted by Gasteiger charge is 2.23. The predicted octanol–water partition coefficient (Wildman–Crippen LogP) is 1.99. The molecule has 0 amide bonds. The second-order valence-electron chi connectivity index (χ2n) is 5.55. The zero-order valence-electron chi connectivity index (χ0n) is 13.2. The van der Waals surface area contributed by atoms with Gasteiger partial charge in [0.2, 0.25) is 0 Å². The van der Waals surface area contributed by atoms with E-state index in [1.54, 1.807) is 23.7 Å². The molecule has 1 fully saturated rings. The molecule has 0 aliphatic carbocycles. The zero-order valence-corrected chi connectivity index (χ0v) is 14.0. The highest BCUT2D eigenvalue weighted by molar-refractivity contribution is 7.16. The lowest BCUT2D eigenvalue weighted by atomic mass is 10.2. The largest absolute Gasteiger partial charge is 0.352 e. The maximum absolute atomic E-state index is 9.20. The molecule has 0 spiro atoms. The summed E-state index contributed by atoms with van der Waals surface area (Å²) in [7, 11) is 0. The Balaban J connectivity index is 1.58. The molecule has 0 N–H and O–H groups in total. The van der Waals surface area contributed by atoms with Gasteiger partial charge in [-0.2, -0.15) is 5.26 Å². The van der Waals surface area contributed by atoms with Crippen molar-refractivity contribution in [3.63, 3.8) is 0 Å². The third kappa shape index (κ3) is 2.53. The second kappa shape index (κ2) is 6.02. The second-order valence-corrected chi connectivity index (χ2v) is 6.44. The van der Waals surface area contributed by atoms with Gasteiger partial charge in [0.05, 0.1) is 5.39 Å². The van der Waals surface area contributed by atoms with Crippen molar-refractivity contribution in [2.75, 3.05) is 36.0 Å². The van der Waals surface area contributed by atoms with Crippen LogP contribution >= 0.6 is 11.3 Å². The molecule has 0 saturated carbocycles. The van der Waals surface area contributed by atoms with Crippen LogP contribution in [0.15, 0.2) is 23.8 Å². The van der Waals surface area contributed by atoms with E-state index in [0.717, 1.165) is 48.0 Å². The van der Waals surface area contributed by atoms with Crippen molar-refractivity contribution >= 4 is 33.2 Å². The molecule has 1 aliphatic heterocycles. The fourth-order valence-electron chi connectivity index (χ4n) is 2.96. The van der Waals surface area contributed by atoms with E-state index >= 15 is 0 Å². The number of nitrogens with zero attached hydrogens (tertiary/aromatic N) is 7. The zero-order chi connectivity index (χ0) is 16.5. The maximum Gasteiger partial charge on any atom is 0.183 e. The lowest BCUT2D eigenvalue weighted by Crippen LogP contribution is -2.47. The fraction of sp³-hybridized carbons (Fsp3) is 0.312. The molecule has 0 unspecified atom stereocenters. The molecule has 24 heavy (non-hydrogen) atoms. The van der Waals surface area contributed by atoms with E-state index in [4.69, 9.17) is 0 Å². The normalized spacial score (nSPS) is 14.8. The van der Waals surface area contributed by atoms with E-state index in [9.17, 15) is 5.26 Å². The van der Waals surface area contributed by atoms with Crippen LogP contribution in [0, 0.1) is 18.3 Å². The van der Waals surface area contributed by atoms with E-state index < -0.39 is 0 Å². The summed E-state index contributed by atoms with van der Waals surface area (Å²) in [4.78, 5) is 23.0. The van der Waals surface area contributed by atoms with E-state index in [1.165, 1.54) is 0 Å². The maximum atomic E-state index is 9.20. The average molecular weight is 337 g/mol. The van der Waals surface area contributed by atoms with Gasteiger partial charge in [-0.05, 0) is 18.4 Å². The summed E-state index contributed by atoms with van der Waals surface area (Å²) < 4.78 is 0. The van der Waals surface area contributed by atoms with Crippen LogP contribution in [-0.4, -0.2) is 46.1 Å². The van der Waals surface area contributed by atoms with Crippen molar-refractivity contribution in [3.8, 4) is 6.07 Å². The Morgan fingerprint density at radius 2 is 1.75 bits per heavy atom. The van der Waals surface area contributed by atoms with Crippen LogP contribution in [0.5, 0.6) is 0 Å². The molecule has 1 aliphatic rings.